The van der Waals surface area contributed by atoms with Gasteiger partial charge in [-0.2, -0.15) is 0 Å². The second-order valence-electron chi connectivity index (χ2n) is 14.9. The molecule has 74 heavy (non-hydrogen) atoms. The number of nitrogens with zero attached hydrogens (tertiary/aromatic N) is 10. The summed E-state index contributed by atoms with van der Waals surface area (Å²) in [6, 6.07) is 33.1. The maximum Gasteiger partial charge on any atom is 0.182 e. The summed E-state index contributed by atoms with van der Waals surface area (Å²) >= 11 is 35.4. The minimum Gasteiger partial charge on any atom is -0.497 e. The average Bonchev–Trinajstić information content (AvgIpc) is 4.23. The van der Waals surface area contributed by atoms with Gasteiger partial charge < -0.3 is 44.8 Å². The van der Waals surface area contributed by atoms with Crippen molar-refractivity contribution in [2.24, 2.45) is 4.99 Å². The number of aromatic nitrogens is 12. The van der Waals surface area contributed by atoms with Gasteiger partial charge in [0, 0.05) is 42.6 Å². The van der Waals surface area contributed by atoms with E-state index in [0.29, 0.717) is 71.4 Å². The van der Waals surface area contributed by atoms with E-state index in [-0.39, 0.29) is 0 Å². The number of ether oxygens (including phenoxy) is 3. The van der Waals surface area contributed by atoms with Crippen molar-refractivity contribution < 1.29 is 14.2 Å². The predicted octanol–water partition coefficient (Wildman–Crippen LogP) is 12.5. The summed E-state index contributed by atoms with van der Waals surface area (Å²) in [5.74, 6) is 3.48. The normalized spacial score (nSPS) is 10.7. The Bertz CT molecular complexity index is 3570. The number of nitrogens with two attached hydrogens (primary N) is 1. The Kier molecular flexibility index (Phi) is 19.6. The molecule has 0 amide bonds. The van der Waals surface area contributed by atoms with Crippen LogP contribution in [0.1, 0.15) is 11.1 Å². The Morgan fingerprint density at radius 3 is 1.61 bits per heavy atom. The molecule has 6 N–H and O–H groups in total. The molecule has 6 aromatic heterocycles. The SMILES string of the molecule is COc1ccc(N)cc1.COc1ccc(N=c2ncn(Cc3c(Cl)cccc3Cl)c3nc[nH]c23)cc1.COc1ccc(Nc2ncnc3nc[nH]c23)cc1.ClCc1c(Cl)cccc1Cl.Clc1ncnc2nc[nH]c12. The summed E-state index contributed by atoms with van der Waals surface area (Å²) in [5, 5.41) is 6.07. The van der Waals surface area contributed by atoms with E-state index in [4.69, 9.17) is 89.5 Å². The van der Waals surface area contributed by atoms with Crippen LogP contribution in [0.4, 0.5) is 22.9 Å². The minimum atomic E-state index is 0.360. The highest BCUT2D eigenvalue weighted by Gasteiger charge is 2.11. The lowest BCUT2D eigenvalue weighted by Crippen LogP contribution is -2.14. The summed E-state index contributed by atoms with van der Waals surface area (Å²) in [5.41, 5.74) is 14.2. The lowest BCUT2D eigenvalue weighted by Gasteiger charge is -2.10. The van der Waals surface area contributed by atoms with Crippen molar-refractivity contribution >= 4 is 126 Å². The number of nitrogen functional groups attached to an aromatic ring is 1. The molecule has 0 aliphatic rings. The van der Waals surface area contributed by atoms with Gasteiger partial charge in [-0.15, -0.1) is 11.6 Å². The Balaban J connectivity index is 0.000000146. The first kappa shape index (κ1) is 54.1. The van der Waals surface area contributed by atoms with E-state index in [1.54, 1.807) is 70.6 Å². The van der Waals surface area contributed by atoms with Crippen LogP contribution in [0.3, 0.4) is 0 Å². The smallest absolute Gasteiger partial charge is 0.182 e. The summed E-state index contributed by atoms with van der Waals surface area (Å²) in [4.78, 5) is 46.3. The molecule has 0 atom stereocenters. The molecule has 11 rings (SSSR count). The summed E-state index contributed by atoms with van der Waals surface area (Å²) in [6.07, 6.45) is 9.29. The Morgan fingerprint density at radius 2 is 1.05 bits per heavy atom. The van der Waals surface area contributed by atoms with Gasteiger partial charge in [-0.25, -0.2) is 44.9 Å². The molecule has 0 aliphatic carbocycles. The predicted molar refractivity (Wildman–Crippen MR) is 294 cm³/mol. The number of fused-ring (bicyclic) bond motifs is 3. The quantitative estimate of drug-likeness (QED) is 0.0515. The molecule has 6 heterocycles. The van der Waals surface area contributed by atoms with Crippen LogP contribution in [0, 0.1) is 0 Å². The first-order chi connectivity index (χ1) is 36.0. The van der Waals surface area contributed by atoms with Crippen molar-refractivity contribution in [1.82, 2.24) is 59.4 Å². The number of nitrogens with one attached hydrogen (secondary N) is 4. The van der Waals surface area contributed by atoms with Gasteiger partial charge in [-0.1, -0.05) is 70.1 Å². The molecule has 24 heteroatoms. The Labute approximate surface area is 452 Å². The van der Waals surface area contributed by atoms with Gasteiger partial charge in [0.1, 0.15) is 46.5 Å². The first-order valence-electron chi connectivity index (χ1n) is 21.7. The largest absolute Gasteiger partial charge is 0.497 e. The van der Waals surface area contributed by atoms with Gasteiger partial charge in [-0.3, -0.25) is 0 Å². The highest BCUT2D eigenvalue weighted by molar-refractivity contribution is 6.37. The third-order valence-corrected chi connectivity index (χ3v) is 12.2. The third kappa shape index (κ3) is 14.5. The van der Waals surface area contributed by atoms with E-state index in [2.05, 4.69) is 65.1 Å². The van der Waals surface area contributed by atoms with Gasteiger partial charge in [0.2, 0.25) is 0 Å². The standard InChI is InChI=1S/C19H15Cl2N5O.C12H11N5O.C7H5Cl3.C7H9NO.C5H3ClN4/c1-27-13-7-5-12(6-8-13)25-18-17-19(23-10-22-17)26(11-24-18)9-14-15(20)3-2-4-16(14)21;1-18-9-4-2-8(3-5-9)17-12-10-11(14-6-13-10)15-7-16-12;8-4-5-6(9)2-1-3-7(5)10;1-9-7-4-2-6(8)3-5-7;6-4-3-5(9-1-7-3)10-2-8-4/h2-8,10-11H,9H2,1H3,(H,22,23);2-7H,1H3,(H2,13,14,15,16,17);1-3H,4H2;2-5H,8H2,1H3;1-2H,(H,7,8,9,10). The second-order valence-corrected chi connectivity index (χ2v) is 17.1. The van der Waals surface area contributed by atoms with E-state index in [9.17, 15) is 0 Å². The number of rotatable bonds is 9. The molecule has 0 unspecified atom stereocenters. The number of benzene rings is 5. The highest BCUT2D eigenvalue weighted by atomic mass is 35.5. The molecule has 11 aromatic rings. The van der Waals surface area contributed by atoms with Crippen molar-refractivity contribution in [2.75, 3.05) is 32.4 Å². The monoisotopic (exact) mass is 1110 g/mol. The number of aromatic amines is 3. The van der Waals surface area contributed by atoms with Gasteiger partial charge in [0.15, 0.2) is 33.4 Å². The van der Waals surface area contributed by atoms with E-state index >= 15 is 0 Å². The molecular weight excluding hydrogens is 1070 g/mol. The van der Waals surface area contributed by atoms with Gasteiger partial charge >= 0.3 is 0 Å². The van der Waals surface area contributed by atoms with Crippen molar-refractivity contribution in [3.8, 4) is 17.2 Å². The maximum atomic E-state index is 6.29. The molecule has 0 aliphatic heterocycles. The fourth-order valence-corrected chi connectivity index (χ4v) is 8.07. The van der Waals surface area contributed by atoms with Crippen molar-refractivity contribution in [2.45, 2.75) is 12.4 Å². The zero-order valence-electron chi connectivity index (χ0n) is 39.3. The second kappa shape index (κ2) is 26.8. The van der Waals surface area contributed by atoms with Crippen LogP contribution in [0.5, 0.6) is 17.2 Å². The van der Waals surface area contributed by atoms with E-state index in [1.807, 2.05) is 83.4 Å². The van der Waals surface area contributed by atoms with Crippen LogP contribution >= 0.6 is 69.6 Å². The van der Waals surface area contributed by atoms with Crippen LogP contribution in [-0.4, -0.2) is 80.7 Å². The van der Waals surface area contributed by atoms with Crippen LogP contribution in [0.25, 0.3) is 33.5 Å². The fourth-order valence-electron chi connectivity index (χ4n) is 6.42. The van der Waals surface area contributed by atoms with Gasteiger partial charge in [0.25, 0.3) is 0 Å². The molecular formula is C50H43Cl6N15O3. The average molecular weight is 1110 g/mol. The molecule has 0 saturated heterocycles. The molecule has 0 bridgehead atoms. The molecule has 378 valence electrons. The third-order valence-electron chi connectivity index (χ3n) is 10.2. The number of imidazole rings is 3. The van der Waals surface area contributed by atoms with Crippen molar-refractivity contribution in [1.29, 1.82) is 0 Å². The number of hydrogen-bond donors (Lipinski definition) is 5. The fraction of sp³-hybridized carbons (Fsp3) is 0.100. The molecule has 0 spiro atoms. The molecule has 0 saturated carbocycles. The number of H-pyrrole nitrogens is 3. The minimum absolute atomic E-state index is 0.360. The van der Waals surface area contributed by atoms with Crippen molar-refractivity contribution in [3.63, 3.8) is 0 Å². The van der Waals surface area contributed by atoms with Gasteiger partial charge in [0.05, 0.1) is 64.8 Å². The van der Waals surface area contributed by atoms with E-state index < -0.39 is 0 Å². The molecule has 5 aromatic carbocycles. The lowest BCUT2D eigenvalue weighted by molar-refractivity contribution is 0.415. The zero-order chi connectivity index (χ0) is 52.4. The number of alkyl halides is 1. The highest BCUT2D eigenvalue weighted by Crippen LogP contribution is 2.27. The first-order valence-corrected chi connectivity index (χ1v) is 24.1. The number of halogens is 6. The number of anilines is 3. The molecule has 18 nitrogen and oxygen atoms in total. The lowest BCUT2D eigenvalue weighted by atomic mass is 10.2. The summed E-state index contributed by atoms with van der Waals surface area (Å²) in [7, 11) is 4.90. The van der Waals surface area contributed by atoms with Gasteiger partial charge in [-0.05, 0) is 97.1 Å². The topological polar surface area (TPSA) is 234 Å². The summed E-state index contributed by atoms with van der Waals surface area (Å²) in [6.45, 7) is 0.454. The van der Waals surface area contributed by atoms with Crippen molar-refractivity contribution in [3.05, 3.63) is 189 Å². The van der Waals surface area contributed by atoms with Crippen LogP contribution in [-0.2, 0) is 12.4 Å². The Morgan fingerprint density at radius 1 is 0.554 bits per heavy atom. The maximum absolute atomic E-state index is 6.29. The van der Waals surface area contributed by atoms with Crippen LogP contribution in [0.15, 0.2) is 152 Å². The zero-order valence-corrected chi connectivity index (χ0v) is 43.8. The molecule has 0 fully saturated rings. The molecule has 0 radical (unpaired) electrons. The van der Waals surface area contributed by atoms with E-state index in [1.165, 1.54) is 19.0 Å². The Hall–Kier alpha value is -7.71. The van der Waals surface area contributed by atoms with E-state index in [0.717, 1.165) is 56.5 Å². The number of hydrogen-bond acceptors (Lipinski definition) is 14. The van der Waals surface area contributed by atoms with Crippen LogP contribution < -0.4 is 30.7 Å². The van der Waals surface area contributed by atoms with Crippen LogP contribution in [0.2, 0.25) is 25.2 Å². The number of methoxy groups -OCH3 is 3. The summed E-state index contributed by atoms with van der Waals surface area (Å²) < 4.78 is 17.1.